The van der Waals surface area contributed by atoms with Crippen LogP contribution >= 0.6 is 0 Å². The van der Waals surface area contributed by atoms with Crippen molar-refractivity contribution in [2.24, 2.45) is 0 Å². The van der Waals surface area contributed by atoms with Gasteiger partial charge in [0.05, 0.1) is 6.04 Å². The zero-order chi connectivity index (χ0) is 19.3. The first-order chi connectivity index (χ1) is 13.6. The van der Waals surface area contributed by atoms with Crippen molar-refractivity contribution in [3.63, 3.8) is 0 Å². The number of hydrogen-bond donors (Lipinski definition) is 2. The number of benzene rings is 2. The van der Waals surface area contributed by atoms with E-state index in [1.165, 1.54) is 12.1 Å². The summed E-state index contributed by atoms with van der Waals surface area (Å²) >= 11 is 0. The molecule has 2 amide bonds. The van der Waals surface area contributed by atoms with Crippen LogP contribution in [0.15, 0.2) is 66.9 Å². The molecule has 5 nitrogen and oxygen atoms in total. The van der Waals surface area contributed by atoms with Gasteiger partial charge in [0.1, 0.15) is 16.9 Å². The Morgan fingerprint density at radius 3 is 2.61 bits per heavy atom. The molecule has 2 unspecified atom stereocenters. The van der Waals surface area contributed by atoms with Crippen LogP contribution in [-0.4, -0.2) is 28.2 Å². The Bertz CT molecular complexity index is 1060. The zero-order valence-corrected chi connectivity index (χ0v) is 15.0. The number of aromatic amines is 1. The fourth-order valence-corrected chi connectivity index (χ4v) is 4.63. The van der Waals surface area contributed by atoms with Crippen LogP contribution < -0.4 is 5.32 Å². The molecule has 2 aliphatic rings. The van der Waals surface area contributed by atoms with E-state index in [1.54, 1.807) is 35.4 Å². The minimum absolute atomic E-state index is 0.121. The summed E-state index contributed by atoms with van der Waals surface area (Å²) < 4.78 is 13.6. The summed E-state index contributed by atoms with van der Waals surface area (Å²) in [6, 6.07) is 16.6. The van der Waals surface area contributed by atoms with Crippen molar-refractivity contribution in [1.82, 2.24) is 9.88 Å². The van der Waals surface area contributed by atoms with Crippen molar-refractivity contribution >= 4 is 17.5 Å². The first kappa shape index (κ1) is 16.7. The topological polar surface area (TPSA) is 65.2 Å². The molecule has 1 spiro atoms. The lowest BCUT2D eigenvalue weighted by Crippen LogP contribution is -2.42. The van der Waals surface area contributed by atoms with Crippen LogP contribution in [0.4, 0.5) is 10.1 Å². The number of rotatable bonds is 2. The van der Waals surface area contributed by atoms with Crippen LogP contribution in [0.3, 0.4) is 0 Å². The fraction of sp³-hybridized carbons (Fsp3) is 0.182. The molecule has 2 atom stereocenters. The van der Waals surface area contributed by atoms with Crippen LogP contribution in [0.2, 0.25) is 0 Å². The number of carbonyl (C=O) groups excluding carboxylic acids is 2. The lowest BCUT2D eigenvalue weighted by atomic mass is 9.72. The highest BCUT2D eigenvalue weighted by Gasteiger charge is 2.59. The van der Waals surface area contributed by atoms with E-state index in [0.717, 1.165) is 16.8 Å². The van der Waals surface area contributed by atoms with Gasteiger partial charge in [-0.15, -0.1) is 0 Å². The molecule has 0 aliphatic carbocycles. The summed E-state index contributed by atoms with van der Waals surface area (Å²) in [7, 11) is 0. The number of hydrogen-bond acceptors (Lipinski definition) is 2. The number of nitrogens with one attached hydrogen (secondary N) is 2. The average Bonchev–Trinajstić information content (AvgIpc) is 3.43. The zero-order valence-electron chi connectivity index (χ0n) is 15.0. The van der Waals surface area contributed by atoms with Gasteiger partial charge in [0, 0.05) is 18.4 Å². The minimum Gasteiger partial charge on any atom is -0.357 e. The Labute approximate surface area is 161 Å². The van der Waals surface area contributed by atoms with E-state index in [4.69, 9.17) is 0 Å². The summed E-state index contributed by atoms with van der Waals surface area (Å²) in [6.07, 6.45) is 2.20. The molecule has 1 fully saturated rings. The quantitative estimate of drug-likeness (QED) is 0.718. The van der Waals surface area contributed by atoms with Crippen molar-refractivity contribution < 1.29 is 14.0 Å². The van der Waals surface area contributed by atoms with Crippen molar-refractivity contribution in [3.8, 4) is 0 Å². The number of para-hydroxylation sites is 1. The standard InChI is InChI=1S/C22H18FN3O2/c23-15-9-7-14(8-10-15)19-22(16-4-1-2-5-17(16)25-21(22)28)11-13-26(19)20(27)18-6-3-12-24-18/h1-10,12,19,24H,11,13H2,(H,25,28). The van der Waals surface area contributed by atoms with Gasteiger partial charge in [0.2, 0.25) is 5.91 Å². The van der Waals surface area contributed by atoms with Crippen molar-refractivity contribution in [1.29, 1.82) is 0 Å². The number of likely N-dealkylation sites (tertiary alicyclic amines) is 1. The van der Waals surface area contributed by atoms with Crippen LogP contribution in [0.5, 0.6) is 0 Å². The monoisotopic (exact) mass is 375 g/mol. The number of fused-ring (bicyclic) bond motifs is 2. The summed E-state index contributed by atoms with van der Waals surface area (Å²) in [5.41, 5.74) is 1.97. The van der Waals surface area contributed by atoms with E-state index in [2.05, 4.69) is 10.3 Å². The third kappa shape index (κ3) is 2.24. The van der Waals surface area contributed by atoms with Gasteiger partial charge < -0.3 is 15.2 Å². The predicted molar refractivity (Wildman–Crippen MR) is 102 cm³/mol. The molecule has 1 aromatic heterocycles. The third-order valence-corrected chi connectivity index (χ3v) is 5.86. The van der Waals surface area contributed by atoms with Gasteiger partial charge in [-0.05, 0) is 47.9 Å². The van der Waals surface area contributed by atoms with Crippen LogP contribution in [0.1, 0.15) is 34.1 Å². The highest BCUT2D eigenvalue weighted by Crippen LogP contribution is 2.54. The lowest BCUT2D eigenvalue weighted by molar-refractivity contribution is -0.121. The molecule has 1 saturated heterocycles. The molecule has 0 bridgehead atoms. The lowest BCUT2D eigenvalue weighted by Gasteiger charge is -2.34. The molecule has 0 saturated carbocycles. The minimum atomic E-state index is -0.892. The Hall–Kier alpha value is -3.41. The Morgan fingerprint density at radius 1 is 1.07 bits per heavy atom. The first-order valence-corrected chi connectivity index (χ1v) is 9.22. The molecule has 3 heterocycles. The van der Waals surface area contributed by atoms with Crippen molar-refractivity contribution in [2.45, 2.75) is 17.9 Å². The number of anilines is 1. The molecule has 2 aromatic carbocycles. The molecule has 0 radical (unpaired) electrons. The highest BCUT2D eigenvalue weighted by molar-refractivity contribution is 6.08. The number of nitrogens with zero attached hydrogens (tertiary/aromatic N) is 1. The number of halogens is 1. The molecule has 6 heteroatoms. The molecule has 2 aliphatic heterocycles. The maximum absolute atomic E-state index is 13.6. The molecular formula is C22H18FN3O2. The summed E-state index contributed by atoms with van der Waals surface area (Å²) in [6.45, 7) is 0.432. The second kappa shape index (κ2) is 6.05. The van der Waals surface area contributed by atoms with Gasteiger partial charge in [0.15, 0.2) is 0 Å². The van der Waals surface area contributed by atoms with E-state index in [1.807, 2.05) is 24.3 Å². The largest absolute Gasteiger partial charge is 0.357 e. The van der Waals surface area contributed by atoms with Gasteiger partial charge in [-0.25, -0.2) is 4.39 Å². The van der Waals surface area contributed by atoms with Gasteiger partial charge in [-0.1, -0.05) is 30.3 Å². The molecule has 140 valence electrons. The SMILES string of the molecule is O=C(c1ccc[nH]1)N1CCC2(C(=O)Nc3ccccc32)C1c1ccc(F)cc1. The van der Waals surface area contributed by atoms with E-state index < -0.39 is 11.5 Å². The predicted octanol–water partition coefficient (Wildman–Crippen LogP) is 3.63. The second-order valence-electron chi connectivity index (χ2n) is 7.26. The van der Waals surface area contributed by atoms with Gasteiger partial charge in [0.25, 0.3) is 5.91 Å². The molecule has 28 heavy (non-hydrogen) atoms. The fourth-order valence-electron chi connectivity index (χ4n) is 4.63. The smallest absolute Gasteiger partial charge is 0.270 e. The Balaban J connectivity index is 1.69. The van der Waals surface area contributed by atoms with E-state index in [-0.39, 0.29) is 17.6 Å². The molecule has 5 rings (SSSR count). The maximum atomic E-state index is 13.6. The van der Waals surface area contributed by atoms with E-state index in [9.17, 15) is 14.0 Å². The third-order valence-electron chi connectivity index (χ3n) is 5.86. The first-order valence-electron chi connectivity index (χ1n) is 9.22. The molecular weight excluding hydrogens is 357 g/mol. The average molecular weight is 375 g/mol. The van der Waals surface area contributed by atoms with Crippen molar-refractivity contribution in [2.75, 3.05) is 11.9 Å². The van der Waals surface area contributed by atoms with Gasteiger partial charge >= 0.3 is 0 Å². The van der Waals surface area contributed by atoms with Crippen LogP contribution in [0.25, 0.3) is 0 Å². The van der Waals surface area contributed by atoms with E-state index in [0.29, 0.717) is 18.7 Å². The molecule has 2 N–H and O–H groups in total. The summed E-state index contributed by atoms with van der Waals surface area (Å²) in [4.78, 5) is 31.1. The summed E-state index contributed by atoms with van der Waals surface area (Å²) in [5.74, 6) is -0.646. The van der Waals surface area contributed by atoms with Gasteiger partial charge in [-0.2, -0.15) is 0 Å². The van der Waals surface area contributed by atoms with Gasteiger partial charge in [-0.3, -0.25) is 9.59 Å². The second-order valence-corrected chi connectivity index (χ2v) is 7.26. The summed E-state index contributed by atoms with van der Waals surface area (Å²) in [5, 5.41) is 2.98. The van der Waals surface area contributed by atoms with Crippen LogP contribution in [0, 0.1) is 5.82 Å². The van der Waals surface area contributed by atoms with Crippen molar-refractivity contribution in [3.05, 3.63) is 89.5 Å². The number of amides is 2. The number of aromatic nitrogens is 1. The number of carbonyl (C=O) groups is 2. The Morgan fingerprint density at radius 2 is 1.86 bits per heavy atom. The number of H-pyrrole nitrogens is 1. The molecule has 3 aromatic rings. The normalized spacial score (nSPS) is 23.1. The van der Waals surface area contributed by atoms with Crippen LogP contribution in [-0.2, 0) is 10.2 Å². The maximum Gasteiger partial charge on any atom is 0.270 e. The van der Waals surface area contributed by atoms with E-state index >= 15 is 0 Å². The highest BCUT2D eigenvalue weighted by atomic mass is 19.1. The Kier molecular flexibility index (Phi) is 3.62.